The first kappa shape index (κ1) is 14.9. The van der Waals surface area contributed by atoms with Gasteiger partial charge in [-0.05, 0) is 49.8 Å². The molecule has 1 aliphatic carbocycles. The zero-order valence-electron chi connectivity index (χ0n) is 12.5. The molecule has 110 valence electrons. The fourth-order valence-electron chi connectivity index (χ4n) is 3.10. The number of nitrogens with one attached hydrogen (secondary N) is 1. The number of rotatable bonds is 2. The topological polar surface area (TPSA) is 75.3 Å². The largest absolute Gasteiger partial charge is 0.505 e. The first-order valence-electron chi connectivity index (χ1n) is 7.22. The van der Waals surface area contributed by atoms with Crippen molar-refractivity contribution in [2.45, 2.75) is 52.0 Å². The van der Waals surface area contributed by atoms with Crippen molar-refractivity contribution in [3.05, 3.63) is 23.3 Å². The number of hydrogen-bond acceptors (Lipinski definition) is 3. The summed E-state index contributed by atoms with van der Waals surface area (Å²) < 4.78 is 0. The molecule has 20 heavy (non-hydrogen) atoms. The van der Waals surface area contributed by atoms with Gasteiger partial charge in [-0.2, -0.15) is 0 Å². The Morgan fingerprint density at radius 3 is 2.80 bits per heavy atom. The van der Waals surface area contributed by atoms with E-state index in [9.17, 15) is 9.90 Å². The number of nitrogens with two attached hydrogens (primary N) is 1. The summed E-state index contributed by atoms with van der Waals surface area (Å²) in [5.41, 5.74) is 7.66. The maximum Gasteiger partial charge on any atom is 0.244 e. The molecule has 1 amide bonds. The quantitative estimate of drug-likeness (QED) is 0.727. The number of carbonyl (C=O) groups is 1. The van der Waals surface area contributed by atoms with Crippen LogP contribution in [0.1, 0.15) is 43.7 Å². The highest BCUT2D eigenvalue weighted by Crippen LogP contribution is 2.33. The SMILES string of the molecule is Cc1cc(C)c(O)c(NC(=O)C2(N)CCCC(C)C2)c1. The molecule has 4 N–H and O–H groups in total. The number of carbonyl (C=O) groups excluding carboxylic acids is 1. The van der Waals surface area contributed by atoms with Gasteiger partial charge in [0.25, 0.3) is 0 Å². The Morgan fingerprint density at radius 1 is 1.45 bits per heavy atom. The van der Waals surface area contributed by atoms with Crippen LogP contribution in [-0.4, -0.2) is 16.6 Å². The Bertz CT molecular complexity index is 527. The van der Waals surface area contributed by atoms with E-state index in [0.29, 0.717) is 24.4 Å². The normalized spacial score (nSPS) is 26.3. The van der Waals surface area contributed by atoms with Gasteiger partial charge in [-0.15, -0.1) is 0 Å². The molecule has 2 rings (SSSR count). The average Bonchev–Trinajstić information content (AvgIpc) is 2.35. The molecule has 1 saturated carbocycles. The third kappa shape index (κ3) is 2.96. The molecule has 0 heterocycles. The van der Waals surface area contributed by atoms with Crippen LogP contribution in [0.4, 0.5) is 5.69 Å². The monoisotopic (exact) mass is 276 g/mol. The maximum atomic E-state index is 12.5. The molecular weight excluding hydrogens is 252 g/mol. The number of amides is 1. The van der Waals surface area contributed by atoms with E-state index >= 15 is 0 Å². The highest BCUT2D eigenvalue weighted by Gasteiger charge is 2.38. The molecule has 1 aliphatic rings. The average molecular weight is 276 g/mol. The predicted molar refractivity (Wildman–Crippen MR) is 80.8 cm³/mol. The molecule has 2 atom stereocenters. The van der Waals surface area contributed by atoms with E-state index in [0.717, 1.165) is 24.0 Å². The molecule has 0 bridgehead atoms. The van der Waals surface area contributed by atoms with Crippen LogP contribution in [0.2, 0.25) is 0 Å². The summed E-state index contributed by atoms with van der Waals surface area (Å²) in [4.78, 5) is 12.5. The van der Waals surface area contributed by atoms with Gasteiger partial charge in [0.1, 0.15) is 5.75 Å². The Kier molecular flexibility index (Phi) is 4.04. The van der Waals surface area contributed by atoms with Crippen LogP contribution in [0.5, 0.6) is 5.75 Å². The van der Waals surface area contributed by atoms with E-state index in [1.807, 2.05) is 19.9 Å². The number of aromatic hydroxyl groups is 1. The second-order valence-electron chi connectivity index (χ2n) is 6.29. The molecule has 4 heteroatoms. The van der Waals surface area contributed by atoms with Gasteiger partial charge < -0.3 is 16.2 Å². The smallest absolute Gasteiger partial charge is 0.244 e. The van der Waals surface area contributed by atoms with Gasteiger partial charge in [-0.25, -0.2) is 0 Å². The minimum atomic E-state index is -0.818. The zero-order valence-corrected chi connectivity index (χ0v) is 12.5. The van der Waals surface area contributed by atoms with Crippen molar-refractivity contribution in [1.29, 1.82) is 0 Å². The summed E-state index contributed by atoms with van der Waals surface area (Å²) in [6.45, 7) is 5.88. The Balaban J connectivity index is 2.19. The third-order valence-electron chi connectivity index (χ3n) is 4.18. The number of anilines is 1. The van der Waals surface area contributed by atoms with Gasteiger partial charge in [0.05, 0.1) is 11.2 Å². The van der Waals surface area contributed by atoms with Crippen LogP contribution in [0.15, 0.2) is 12.1 Å². The van der Waals surface area contributed by atoms with E-state index < -0.39 is 5.54 Å². The van der Waals surface area contributed by atoms with Crippen molar-refractivity contribution in [3.8, 4) is 5.75 Å². The molecule has 1 aromatic rings. The van der Waals surface area contributed by atoms with Gasteiger partial charge >= 0.3 is 0 Å². The minimum absolute atomic E-state index is 0.122. The van der Waals surface area contributed by atoms with E-state index in [1.165, 1.54) is 0 Å². The van der Waals surface area contributed by atoms with Crippen molar-refractivity contribution in [3.63, 3.8) is 0 Å². The lowest BCUT2D eigenvalue weighted by Gasteiger charge is -2.35. The molecule has 2 unspecified atom stereocenters. The van der Waals surface area contributed by atoms with Crippen molar-refractivity contribution in [2.75, 3.05) is 5.32 Å². The first-order chi connectivity index (χ1) is 9.32. The summed E-state index contributed by atoms with van der Waals surface area (Å²) >= 11 is 0. The molecule has 0 radical (unpaired) electrons. The lowest BCUT2D eigenvalue weighted by atomic mass is 9.76. The molecule has 0 aromatic heterocycles. The van der Waals surface area contributed by atoms with Crippen LogP contribution in [0, 0.1) is 19.8 Å². The third-order valence-corrected chi connectivity index (χ3v) is 4.18. The molecule has 1 aromatic carbocycles. The van der Waals surface area contributed by atoms with Crippen molar-refractivity contribution >= 4 is 11.6 Å². The van der Waals surface area contributed by atoms with Gasteiger partial charge in [0.2, 0.25) is 5.91 Å². The van der Waals surface area contributed by atoms with Crippen LogP contribution >= 0.6 is 0 Å². The number of aryl methyl sites for hydroxylation is 2. The van der Waals surface area contributed by atoms with Gasteiger partial charge in [0, 0.05) is 0 Å². The number of phenolic OH excluding ortho intramolecular Hbond substituents is 1. The molecule has 1 fully saturated rings. The Hall–Kier alpha value is -1.55. The van der Waals surface area contributed by atoms with E-state index in [1.54, 1.807) is 6.07 Å². The van der Waals surface area contributed by atoms with Crippen molar-refractivity contribution < 1.29 is 9.90 Å². The summed E-state index contributed by atoms with van der Waals surface area (Å²) in [6.07, 6.45) is 3.50. The number of benzene rings is 1. The van der Waals surface area contributed by atoms with Crippen LogP contribution < -0.4 is 11.1 Å². The molecule has 0 aliphatic heterocycles. The minimum Gasteiger partial charge on any atom is -0.505 e. The fraction of sp³-hybridized carbons (Fsp3) is 0.562. The lowest BCUT2D eigenvalue weighted by molar-refractivity contribution is -0.122. The van der Waals surface area contributed by atoms with Crippen LogP contribution in [0.3, 0.4) is 0 Å². The molecular formula is C16H24N2O2. The maximum absolute atomic E-state index is 12.5. The number of hydrogen-bond donors (Lipinski definition) is 3. The summed E-state index contributed by atoms with van der Waals surface area (Å²) in [5.74, 6) is 0.396. The highest BCUT2D eigenvalue weighted by molar-refractivity contribution is 5.99. The summed E-state index contributed by atoms with van der Waals surface area (Å²) in [6, 6.07) is 3.65. The van der Waals surface area contributed by atoms with Crippen LogP contribution in [-0.2, 0) is 4.79 Å². The summed E-state index contributed by atoms with van der Waals surface area (Å²) in [7, 11) is 0. The van der Waals surface area contributed by atoms with E-state index in [2.05, 4.69) is 12.2 Å². The second kappa shape index (κ2) is 5.44. The Morgan fingerprint density at radius 2 is 2.15 bits per heavy atom. The van der Waals surface area contributed by atoms with E-state index in [4.69, 9.17) is 5.73 Å². The highest BCUT2D eigenvalue weighted by atomic mass is 16.3. The van der Waals surface area contributed by atoms with Gasteiger partial charge in [0.15, 0.2) is 0 Å². The number of phenols is 1. The van der Waals surface area contributed by atoms with Crippen LogP contribution in [0.25, 0.3) is 0 Å². The van der Waals surface area contributed by atoms with Gasteiger partial charge in [-0.1, -0.05) is 25.8 Å². The first-order valence-corrected chi connectivity index (χ1v) is 7.22. The van der Waals surface area contributed by atoms with Crippen molar-refractivity contribution in [2.24, 2.45) is 11.7 Å². The van der Waals surface area contributed by atoms with Crippen molar-refractivity contribution in [1.82, 2.24) is 0 Å². The molecule has 4 nitrogen and oxygen atoms in total. The predicted octanol–water partition coefficient (Wildman–Crippen LogP) is 2.86. The molecule has 0 saturated heterocycles. The molecule has 0 spiro atoms. The lowest BCUT2D eigenvalue weighted by Crippen LogP contribution is -2.53. The second-order valence-corrected chi connectivity index (χ2v) is 6.29. The zero-order chi connectivity index (χ0) is 14.9. The van der Waals surface area contributed by atoms with E-state index in [-0.39, 0.29) is 11.7 Å². The van der Waals surface area contributed by atoms with Gasteiger partial charge in [-0.3, -0.25) is 4.79 Å². The Labute approximate surface area is 120 Å². The fourth-order valence-corrected chi connectivity index (χ4v) is 3.10. The summed E-state index contributed by atoms with van der Waals surface area (Å²) in [5, 5.41) is 12.9. The standard InChI is InChI=1S/C16H24N2O2/c1-10-5-4-6-16(17,9-10)15(20)18-13-8-11(2)7-12(3)14(13)19/h7-8,10,19H,4-6,9,17H2,1-3H3,(H,18,20).